The summed E-state index contributed by atoms with van der Waals surface area (Å²) in [5.41, 5.74) is -2.08. The molecule has 0 aliphatic heterocycles. The normalized spacial score (nSPS) is 13.3. The highest BCUT2D eigenvalue weighted by atomic mass is 19.4. The molecular formula is C16H20F3NO3. The largest absolute Gasteiger partial charge is 0.444 e. The molecule has 1 atom stereocenters. The summed E-state index contributed by atoms with van der Waals surface area (Å²) >= 11 is 0. The van der Waals surface area contributed by atoms with Crippen molar-refractivity contribution in [3.8, 4) is 0 Å². The van der Waals surface area contributed by atoms with Crippen molar-refractivity contribution in [3.05, 3.63) is 35.4 Å². The molecule has 0 aromatic heterocycles. The lowest BCUT2D eigenvalue weighted by atomic mass is 9.99. The SMILES string of the molecule is CC(CC(=O)c1ccccc1C(F)(F)F)NC(=O)OC(C)(C)C. The molecule has 0 spiro atoms. The minimum absolute atomic E-state index is 0.258. The van der Waals surface area contributed by atoms with Crippen molar-refractivity contribution in [2.45, 2.75) is 51.9 Å². The first-order chi connectivity index (χ1) is 10.4. The molecule has 0 aliphatic rings. The number of amides is 1. The molecule has 128 valence electrons. The molecule has 1 aromatic carbocycles. The van der Waals surface area contributed by atoms with Crippen LogP contribution in [0.25, 0.3) is 0 Å². The molecule has 0 saturated carbocycles. The van der Waals surface area contributed by atoms with E-state index in [1.807, 2.05) is 0 Å². The lowest BCUT2D eigenvalue weighted by Crippen LogP contribution is -2.38. The number of carbonyl (C=O) groups excluding carboxylic acids is 2. The fourth-order valence-corrected chi connectivity index (χ4v) is 1.92. The number of nitrogens with one attached hydrogen (secondary N) is 1. The van der Waals surface area contributed by atoms with Gasteiger partial charge in [0.1, 0.15) is 5.60 Å². The minimum Gasteiger partial charge on any atom is -0.444 e. The van der Waals surface area contributed by atoms with E-state index >= 15 is 0 Å². The number of alkyl halides is 3. The van der Waals surface area contributed by atoms with E-state index in [-0.39, 0.29) is 6.42 Å². The summed E-state index contributed by atoms with van der Waals surface area (Å²) in [7, 11) is 0. The topological polar surface area (TPSA) is 55.4 Å². The van der Waals surface area contributed by atoms with Gasteiger partial charge in [0.15, 0.2) is 5.78 Å². The van der Waals surface area contributed by atoms with Gasteiger partial charge in [-0.25, -0.2) is 4.79 Å². The van der Waals surface area contributed by atoms with Gasteiger partial charge in [0.25, 0.3) is 0 Å². The third-order valence-electron chi connectivity index (χ3n) is 2.79. The number of alkyl carbamates (subject to hydrolysis) is 1. The van der Waals surface area contributed by atoms with Crippen molar-refractivity contribution in [1.82, 2.24) is 5.32 Å². The first kappa shape index (κ1) is 19.0. The number of carbonyl (C=O) groups is 2. The average molecular weight is 331 g/mol. The third kappa shape index (κ3) is 6.30. The Morgan fingerprint density at radius 2 is 1.74 bits per heavy atom. The molecule has 1 aromatic rings. The number of ketones is 1. The standard InChI is InChI=1S/C16H20F3NO3/c1-10(20-14(22)23-15(2,3)4)9-13(21)11-7-5-6-8-12(11)16(17,18)19/h5-8,10H,9H2,1-4H3,(H,20,22). The number of rotatable bonds is 4. The zero-order valence-corrected chi connectivity index (χ0v) is 13.5. The zero-order chi connectivity index (χ0) is 17.8. The van der Waals surface area contributed by atoms with E-state index in [9.17, 15) is 22.8 Å². The van der Waals surface area contributed by atoms with Crippen LogP contribution < -0.4 is 5.32 Å². The monoisotopic (exact) mass is 331 g/mol. The van der Waals surface area contributed by atoms with Gasteiger partial charge < -0.3 is 10.1 Å². The van der Waals surface area contributed by atoms with Gasteiger partial charge in [-0.3, -0.25) is 4.79 Å². The van der Waals surface area contributed by atoms with Gasteiger partial charge in [-0.1, -0.05) is 18.2 Å². The Labute approximate surface area is 133 Å². The minimum atomic E-state index is -4.60. The fourth-order valence-electron chi connectivity index (χ4n) is 1.92. The Kier molecular flexibility index (Phi) is 5.80. The Morgan fingerprint density at radius 1 is 1.17 bits per heavy atom. The number of ether oxygens (including phenoxy) is 1. The maximum Gasteiger partial charge on any atom is 0.417 e. The lowest BCUT2D eigenvalue weighted by Gasteiger charge is -2.22. The molecule has 0 heterocycles. The van der Waals surface area contributed by atoms with E-state index in [1.165, 1.54) is 19.1 Å². The molecule has 23 heavy (non-hydrogen) atoms. The quantitative estimate of drug-likeness (QED) is 0.842. The van der Waals surface area contributed by atoms with Crippen molar-refractivity contribution < 1.29 is 27.5 Å². The van der Waals surface area contributed by atoms with Crippen LogP contribution in [0, 0.1) is 0 Å². The van der Waals surface area contributed by atoms with Gasteiger partial charge in [0.2, 0.25) is 0 Å². The van der Waals surface area contributed by atoms with Crippen LogP contribution in [0.1, 0.15) is 50.0 Å². The molecule has 1 amide bonds. The summed E-state index contributed by atoms with van der Waals surface area (Å²) in [5, 5.41) is 2.43. The lowest BCUT2D eigenvalue weighted by molar-refractivity contribution is -0.137. The van der Waals surface area contributed by atoms with E-state index in [0.717, 1.165) is 12.1 Å². The van der Waals surface area contributed by atoms with Gasteiger partial charge in [-0.05, 0) is 33.8 Å². The van der Waals surface area contributed by atoms with Crippen LogP contribution in [0.3, 0.4) is 0 Å². The van der Waals surface area contributed by atoms with Gasteiger partial charge in [-0.2, -0.15) is 13.2 Å². The Balaban J connectivity index is 2.76. The molecule has 0 bridgehead atoms. The molecule has 0 aliphatic carbocycles. The number of hydrogen-bond acceptors (Lipinski definition) is 3. The van der Waals surface area contributed by atoms with Crippen molar-refractivity contribution in [2.75, 3.05) is 0 Å². The Bertz CT molecular complexity index is 577. The van der Waals surface area contributed by atoms with Crippen LogP contribution in [-0.2, 0) is 10.9 Å². The number of hydrogen-bond donors (Lipinski definition) is 1. The smallest absolute Gasteiger partial charge is 0.417 e. The predicted molar refractivity (Wildman–Crippen MR) is 79.2 cm³/mol. The maximum atomic E-state index is 12.9. The van der Waals surface area contributed by atoms with Crippen molar-refractivity contribution in [1.29, 1.82) is 0 Å². The molecule has 1 N–H and O–H groups in total. The molecule has 1 unspecified atom stereocenters. The highest BCUT2D eigenvalue weighted by Gasteiger charge is 2.35. The molecule has 0 fully saturated rings. The van der Waals surface area contributed by atoms with Crippen LogP contribution >= 0.6 is 0 Å². The van der Waals surface area contributed by atoms with Gasteiger partial charge in [0.05, 0.1) is 5.56 Å². The number of Topliss-reactive ketones (excluding diaryl/α,β-unsaturated/α-hetero) is 1. The van der Waals surface area contributed by atoms with Crippen LogP contribution in [0.15, 0.2) is 24.3 Å². The summed E-state index contributed by atoms with van der Waals surface area (Å²) in [5.74, 6) is -0.693. The summed E-state index contributed by atoms with van der Waals surface area (Å²) < 4.78 is 43.7. The number of benzene rings is 1. The summed E-state index contributed by atoms with van der Waals surface area (Å²) in [6.45, 7) is 6.57. The molecule has 1 rings (SSSR count). The first-order valence-electron chi connectivity index (χ1n) is 7.09. The maximum absolute atomic E-state index is 12.9. The molecule has 0 saturated heterocycles. The van der Waals surface area contributed by atoms with Crippen LogP contribution in [0.5, 0.6) is 0 Å². The molecular weight excluding hydrogens is 311 g/mol. The van der Waals surface area contributed by atoms with E-state index in [4.69, 9.17) is 4.74 Å². The second kappa shape index (κ2) is 7.02. The highest BCUT2D eigenvalue weighted by Crippen LogP contribution is 2.32. The summed E-state index contributed by atoms with van der Waals surface area (Å²) in [4.78, 5) is 23.7. The third-order valence-corrected chi connectivity index (χ3v) is 2.79. The molecule has 7 heteroatoms. The molecule has 4 nitrogen and oxygen atoms in total. The van der Waals surface area contributed by atoms with E-state index < -0.39 is 40.8 Å². The zero-order valence-electron chi connectivity index (χ0n) is 13.5. The van der Waals surface area contributed by atoms with Gasteiger partial charge >= 0.3 is 12.3 Å². The van der Waals surface area contributed by atoms with Crippen LogP contribution in [0.2, 0.25) is 0 Å². The van der Waals surface area contributed by atoms with Gasteiger partial charge in [0, 0.05) is 18.0 Å². The van der Waals surface area contributed by atoms with Gasteiger partial charge in [-0.15, -0.1) is 0 Å². The van der Waals surface area contributed by atoms with E-state index in [1.54, 1.807) is 20.8 Å². The Hall–Kier alpha value is -2.05. The average Bonchev–Trinajstić information content (AvgIpc) is 2.34. The van der Waals surface area contributed by atoms with Crippen molar-refractivity contribution >= 4 is 11.9 Å². The first-order valence-corrected chi connectivity index (χ1v) is 7.09. The second-order valence-electron chi connectivity index (χ2n) is 6.22. The second-order valence-corrected chi connectivity index (χ2v) is 6.22. The fraction of sp³-hybridized carbons (Fsp3) is 0.500. The number of halogens is 3. The van der Waals surface area contributed by atoms with E-state index in [2.05, 4.69) is 5.32 Å². The van der Waals surface area contributed by atoms with Crippen LogP contribution in [0.4, 0.5) is 18.0 Å². The highest BCUT2D eigenvalue weighted by molar-refractivity contribution is 5.98. The molecule has 0 radical (unpaired) electrons. The van der Waals surface area contributed by atoms with Crippen LogP contribution in [-0.4, -0.2) is 23.5 Å². The van der Waals surface area contributed by atoms with E-state index in [0.29, 0.717) is 0 Å². The van der Waals surface area contributed by atoms with Crippen molar-refractivity contribution in [3.63, 3.8) is 0 Å². The van der Waals surface area contributed by atoms with Crippen molar-refractivity contribution in [2.24, 2.45) is 0 Å². The Morgan fingerprint density at radius 3 is 2.26 bits per heavy atom. The predicted octanol–water partition coefficient (Wildman–Crippen LogP) is 4.19. The summed E-state index contributed by atoms with van der Waals surface area (Å²) in [6, 6.07) is 3.93. The summed E-state index contributed by atoms with van der Waals surface area (Å²) in [6.07, 6.45) is -5.58.